The molecule has 2 heterocycles. The van der Waals surface area contributed by atoms with Gasteiger partial charge in [0.15, 0.2) is 0 Å². The fourth-order valence-electron chi connectivity index (χ4n) is 2.86. The number of fused-ring (bicyclic) bond motifs is 1. The number of nitrogens with zero attached hydrogens (tertiary/aromatic N) is 1. The number of aryl methyl sites for hydroxylation is 1. The Hall–Kier alpha value is -1.26. The summed E-state index contributed by atoms with van der Waals surface area (Å²) in [6.07, 6.45) is 4.24. The summed E-state index contributed by atoms with van der Waals surface area (Å²) >= 11 is 0. The van der Waals surface area contributed by atoms with Crippen LogP contribution in [0.15, 0.2) is 18.3 Å². The zero-order chi connectivity index (χ0) is 12.4. The van der Waals surface area contributed by atoms with E-state index in [-0.39, 0.29) is 12.0 Å². The monoisotopic (exact) mass is 246 g/mol. The molecule has 18 heavy (non-hydrogen) atoms. The number of ether oxygens (including phenoxy) is 1. The number of hydrogen-bond acceptors (Lipinski definition) is 4. The van der Waals surface area contributed by atoms with Crippen molar-refractivity contribution in [2.75, 3.05) is 19.8 Å². The van der Waals surface area contributed by atoms with Crippen molar-refractivity contribution in [3.05, 3.63) is 29.6 Å². The number of Topliss-reactive ketones (excluding diaryl/α,β-unsaturated/α-hetero) is 1. The maximum absolute atomic E-state index is 12.3. The molecule has 2 atom stereocenters. The van der Waals surface area contributed by atoms with Gasteiger partial charge in [-0.25, -0.2) is 0 Å². The van der Waals surface area contributed by atoms with Gasteiger partial charge < -0.3 is 10.1 Å². The molecule has 0 bridgehead atoms. The fraction of sp³-hybridized carbons (Fsp3) is 0.571. The van der Waals surface area contributed by atoms with Crippen LogP contribution in [0.5, 0.6) is 0 Å². The van der Waals surface area contributed by atoms with Gasteiger partial charge >= 0.3 is 0 Å². The molecule has 1 aromatic rings. The van der Waals surface area contributed by atoms with E-state index in [4.69, 9.17) is 4.74 Å². The number of rotatable bonds is 3. The molecule has 1 aliphatic carbocycles. The van der Waals surface area contributed by atoms with Crippen molar-refractivity contribution < 1.29 is 9.53 Å². The van der Waals surface area contributed by atoms with E-state index in [1.54, 1.807) is 6.20 Å². The molecule has 1 fully saturated rings. The number of ketones is 1. The minimum Gasteiger partial charge on any atom is -0.379 e. The van der Waals surface area contributed by atoms with Crippen molar-refractivity contribution in [1.29, 1.82) is 0 Å². The number of nitrogens with one attached hydrogen (secondary N) is 1. The number of carbonyl (C=O) groups excluding carboxylic acids is 1. The predicted octanol–water partition coefficient (Wildman–Crippen LogP) is 1.06. The largest absolute Gasteiger partial charge is 0.379 e. The Morgan fingerprint density at radius 1 is 1.56 bits per heavy atom. The Morgan fingerprint density at radius 3 is 3.33 bits per heavy atom. The van der Waals surface area contributed by atoms with Gasteiger partial charge in [0.25, 0.3) is 0 Å². The van der Waals surface area contributed by atoms with E-state index in [1.165, 1.54) is 5.56 Å². The second kappa shape index (κ2) is 5.16. The van der Waals surface area contributed by atoms with Gasteiger partial charge in [0, 0.05) is 25.2 Å². The lowest BCUT2D eigenvalue weighted by Gasteiger charge is -2.24. The molecule has 2 aliphatic rings. The van der Waals surface area contributed by atoms with Gasteiger partial charge in [-0.2, -0.15) is 0 Å². The van der Waals surface area contributed by atoms with Crippen LogP contribution < -0.4 is 5.32 Å². The van der Waals surface area contributed by atoms with E-state index in [9.17, 15) is 4.79 Å². The van der Waals surface area contributed by atoms with E-state index >= 15 is 0 Å². The van der Waals surface area contributed by atoms with E-state index < -0.39 is 0 Å². The SMILES string of the molecule is O=C(CC1COCCN1)C1CCc2cccnc21. The van der Waals surface area contributed by atoms with Crippen LogP contribution in [0.3, 0.4) is 0 Å². The lowest BCUT2D eigenvalue weighted by molar-refractivity contribution is -0.121. The highest BCUT2D eigenvalue weighted by Crippen LogP contribution is 2.32. The predicted molar refractivity (Wildman–Crippen MR) is 67.5 cm³/mol. The summed E-state index contributed by atoms with van der Waals surface area (Å²) in [5.74, 6) is 0.306. The molecule has 1 aliphatic heterocycles. The first-order valence-corrected chi connectivity index (χ1v) is 6.62. The molecule has 1 N–H and O–H groups in total. The summed E-state index contributed by atoms with van der Waals surface area (Å²) < 4.78 is 5.38. The van der Waals surface area contributed by atoms with Crippen LogP contribution in [0.4, 0.5) is 0 Å². The summed E-state index contributed by atoms with van der Waals surface area (Å²) in [6.45, 7) is 2.24. The first-order chi connectivity index (χ1) is 8.84. The third kappa shape index (κ3) is 2.31. The molecule has 0 aromatic carbocycles. The molecular formula is C14H18N2O2. The van der Waals surface area contributed by atoms with E-state index in [1.807, 2.05) is 6.07 Å². The summed E-state index contributed by atoms with van der Waals surface area (Å²) in [5, 5.41) is 3.33. The second-order valence-electron chi connectivity index (χ2n) is 5.04. The minimum atomic E-state index is 0.00456. The quantitative estimate of drug-likeness (QED) is 0.866. The highest BCUT2D eigenvalue weighted by Gasteiger charge is 2.31. The van der Waals surface area contributed by atoms with Crippen LogP contribution in [-0.4, -0.2) is 36.6 Å². The fourth-order valence-corrected chi connectivity index (χ4v) is 2.86. The number of aromatic nitrogens is 1. The minimum absolute atomic E-state index is 0.00456. The van der Waals surface area contributed by atoms with Crippen LogP contribution >= 0.6 is 0 Å². The molecule has 4 nitrogen and oxygen atoms in total. The van der Waals surface area contributed by atoms with Gasteiger partial charge in [0.2, 0.25) is 0 Å². The van der Waals surface area contributed by atoms with Crippen molar-refractivity contribution in [3.63, 3.8) is 0 Å². The van der Waals surface area contributed by atoms with Crippen molar-refractivity contribution in [3.8, 4) is 0 Å². The van der Waals surface area contributed by atoms with Crippen LogP contribution in [0, 0.1) is 0 Å². The lowest BCUT2D eigenvalue weighted by Crippen LogP contribution is -2.42. The number of pyridine rings is 1. The number of carbonyl (C=O) groups is 1. The molecule has 0 saturated carbocycles. The molecule has 0 radical (unpaired) electrons. The Morgan fingerprint density at radius 2 is 2.50 bits per heavy atom. The number of morpholine rings is 1. The molecule has 4 heteroatoms. The Bertz CT molecular complexity index is 441. The first-order valence-electron chi connectivity index (χ1n) is 6.62. The van der Waals surface area contributed by atoms with Crippen molar-refractivity contribution in [2.45, 2.75) is 31.2 Å². The van der Waals surface area contributed by atoms with E-state index in [2.05, 4.69) is 16.4 Å². The van der Waals surface area contributed by atoms with Crippen molar-refractivity contribution >= 4 is 5.78 Å². The Kier molecular flexibility index (Phi) is 3.39. The maximum atomic E-state index is 12.3. The molecule has 1 aromatic heterocycles. The Labute approximate surface area is 107 Å². The van der Waals surface area contributed by atoms with Gasteiger partial charge in [-0.3, -0.25) is 9.78 Å². The average molecular weight is 246 g/mol. The van der Waals surface area contributed by atoms with Crippen LogP contribution in [0.1, 0.15) is 30.0 Å². The molecule has 1 saturated heterocycles. The van der Waals surface area contributed by atoms with E-state index in [0.29, 0.717) is 18.8 Å². The van der Waals surface area contributed by atoms with Crippen LogP contribution in [0.25, 0.3) is 0 Å². The molecule has 0 amide bonds. The normalized spacial score (nSPS) is 26.9. The first kappa shape index (κ1) is 11.8. The van der Waals surface area contributed by atoms with Crippen LogP contribution in [0.2, 0.25) is 0 Å². The summed E-state index contributed by atoms with van der Waals surface area (Å²) in [7, 11) is 0. The molecule has 96 valence electrons. The summed E-state index contributed by atoms with van der Waals surface area (Å²) in [5.41, 5.74) is 2.24. The maximum Gasteiger partial charge on any atom is 0.143 e. The van der Waals surface area contributed by atoms with Gasteiger partial charge in [-0.1, -0.05) is 6.07 Å². The standard InChI is InChI=1S/C14H18N2O2/c17-13(8-11-9-18-7-6-15-11)12-4-3-10-2-1-5-16-14(10)12/h1-2,5,11-12,15H,3-4,6-9H2. The summed E-state index contributed by atoms with van der Waals surface area (Å²) in [6, 6.07) is 4.21. The van der Waals surface area contributed by atoms with Crippen LogP contribution in [-0.2, 0) is 16.0 Å². The van der Waals surface area contributed by atoms with Crippen molar-refractivity contribution in [2.24, 2.45) is 0 Å². The molecule has 0 spiro atoms. The zero-order valence-electron chi connectivity index (χ0n) is 10.4. The highest BCUT2D eigenvalue weighted by molar-refractivity contribution is 5.86. The third-order valence-electron chi connectivity index (χ3n) is 3.79. The second-order valence-corrected chi connectivity index (χ2v) is 5.04. The summed E-state index contributed by atoms with van der Waals surface area (Å²) in [4.78, 5) is 16.7. The molecule has 3 rings (SSSR count). The van der Waals surface area contributed by atoms with Crippen molar-refractivity contribution in [1.82, 2.24) is 10.3 Å². The highest BCUT2D eigenvalue weighted by atomic mass is 16.5. The van der Waals surface area contributed by atoms with Gasteiger partial charge in [-0.15, -0.1) is 0 Å². The van der Waals surface area contributed by atoms with Gasteiger partial charge in [-0.05, 0) is 24.5 Å². The van der Waals surface area contributed by atoms with Gasteiger partial charge in [0.05, 0.1) is 24.8 Å². The average Bonchev–Trinajstić information content (AvgIpc) is 2.84. The third-order valence-corrected chi connectivity index (χ3v) is 3.79. The Balaban J connectivity index is 1.67. The zero-order valence-corrected chi connectivity index (χ0v) is 10.4. The van der Waals surface area contributed by atoms with E-state index in [0.717, 1.165) is 31.7 Å². The lowest BCUT2D eigenvalue weighted by atomic mass is 9.95. The molecule has 2 unspecified atom stereocenters. The smallest absolute Gasteiger partial charge is 0.143 e. The number of hydrogen-bond donors (Lipinski definition) is 1. The topological polar surface area (TPSA) is 51.2 Å². The van der Waals surface area contributed by atoms with Gasteiger partial charge in [0.1, 0.15) is 5.78 Å². The molecular weight excluding hydrogens is 228 g/mol.